The summed E-state index contributed by atoms with van der Waals surface area (Å²) in [5.74, 6) is -0.957. The molecule has 0 spiro atoms. The number of anilines is 3. The van der Waals surface area contributed by atoms with Gasteiger partial charge in [0.05, 0.1) is 29.8 Å². The van der Waals surface area contributed by atoms with Crippen molar-refractivity contribution < 1.29 is 27.0 Å². The Labute approximate surface area is 195 Å². The second-order valence-electron chi connectivity index (χ2n) is 7.28. The summed E-state index contributed by atoms with van der Waals surface area (Å²) in [4.78, 5) is 10.5. The minimum Gasteiger partial charge on any atom is -0.404 e. The molecule has 2 N–H and O–H groups in total. The molecule has 0 unspecified atom stereocenters. The van der Waals surface area contributed by atoms with Crippen LogP contribution in [0.1, 0.15) is 0 Å². The number of fused-ring (bicyclic) bond motifs is 1. The number of ether oxygens (including phenoxy) is 2. The van der Waals surface area contributed by atoms with Crippen molar-refractivity contribution in [2.24, 2.45) is 0 Å². The van der Waals surface area contributed by atoms with Gasteiger partial charge in [-0.1, -0.05) is 15.9 Å². The molecule has 0 aliphatic carbocycles. The van der Waals surface area contributed by atoms with Gasteiger partial charge < -0.3 is 20.1 Å². The quantitative estimate of drug-likeness (QED) is 0.421. The van der Waals surface area contributed by atoms with E-state index in [1.165, 1.54) is 30.5 Å². The smallest absolute Gasteiger partial charge is 0.404 e. The maximum absolute atomic E-state index is 14.1. The normalized spacial score (nSPS) is 14.9. The second kappa shape index (κ2) is 10.1. The molecular weight excluding hydrogens is 510 g/mol. The van der Waals surface area contributed by atoms with Crippen molar-refractivity contribution in [2.75, 3.05) is 50.0 Å². The van der Waals surface area contributed by atoms with Crippen LogP contribution < -0.4 is 15.4 Å². The molecule has 176 valence electrons. The van der Waals surface area contributed by atoms with Crippen LogP contribution in [-0.2, 0) is 4.74 Å². The van der Waals surface area contributed by atoms with Crippen LogP contribution in [0.25, 0.3) is 10.9 Å². The molecule has 1 fully saturated rings. The highest BCUT2D eigenvalue weighted by Crippen LogP contribution is 2.34. The first kappa shape index (κ1) is 23.5. The summed E-state index contributed by atoms with van der Waals surface area (Å²) in [5, 5.41) is 6.14. The fourth-order valence-electron chi connectivity index (χ4n) is 3.38. The van der Waals surface area contributed by atoms with Gasteiger partial charge in [0.15, 0.2) is 5.75 Å². The van der Waals surface area contributed by atoms with Crippen LogP contribution in [0.15, 0.2) is 41.0 Å². The number of nitrogens with zero attached hydrogens (tertiary/aromatic N) is 3. The second-order valence-corrected chi connectivity index (χ2v) is 8.19. The summed E-state index contributed by atoms with van der Waals surface area (Å²) in [7, 11) is 0. The molecule has 0 saturated carbocycles. The third-order valence-electron chi connectivity index (χ3n) is 4.93. The molecule has 4 rings (SSSR count). The third kappa shape index (κ3) is 6.42. The topological polar surface area (TPSA) is 71.5 Å². The molecule has 1 aliphatic heterocycles. The molecular formula is C21H20BrF4N5O2. The van der Waals surface area contributed by atoms with Crippen molar-refractivity contribution in [3.8, 4) is 5.75 Å². The van der Waals surface area contributed by atoms with Gasteiger partial charge in [-0.15, -0.1) is 13.2 Å². The highest BCUT2D eigenvalue weighted by molar-refractivity contribution is 9.10. The summed E-state index contributed by atoms with van der Waals surface area (Å²) >= 11 is 3.20. The molecule has 0 radical (unpaired) electrons. The number of rotatable bonds is 7. The van der Waals surface area contributed by atoms with Crippen LogP contribution in [0.2, 0.25) is 0 Å². The lowest BCUT2D eigenvalue weighted by Crippen LogP contribution is -2.39. The first-order valence-electron chi connectivity index (χ1n) is 10.1. The molecule has 0 bridgehead atoms. The number of hydrogen-bond donors (Lipinski definition) is 2. The Balaban J connectivity index is 1.54. The number of morpholine rings is 1. The van der Waals surface area contributed by atoms with E-state index >= 15 is 0 Å². The average Bonchev–Trinajstić information content (AvgIpc) is 2.75. The molecule has 1 saturated heterocycles. The number of nitrogens with one attached hydrogen (secondary N) is 2. The van der Waals surface area contributed by atoms with Gasteiger partial charge >= 0.3 is 6.36 Å². The fraction of sp³-hybridized carbons (Fsp3) is 0.333. The van der Waals surface area contributed by atoms with Crippen molar-refractivity contribution >= 4 is 44.2 Å². The lowest BCUT2D eigenvalue weighted by molar-refractivity contribution is -0.274. The van der Waals surface area contributed by atoms with Crippen molar-refractivity contribution in [1.29, 1.82) is 0 Å². The first-order valence-corrected chi connectivity index (χ1v) is 10.9. The van der Waals surface area contributed by atoms with Gasteiger partial charge in [0, 0.05) is 42.5 Å². The lowest BCUT2D eigenvalue weighted by Gasteiger charge is -2.26. The first-order chi connectivity index (χ1) is 15.8. The largest absolute Gasteiger partial charge is 0.573 e. The van der Waals surface area contributed by atoms with Gasteiger partial charge in [-0.3, -0.25) is 4.90 Å². The van der Waals surface area contributed by atoms with E-state index in [0.29, 0.717) is 29.9 Å². The molecule has 0 amide bonds. The van der Waals surface area contributed by atoms with Crippen molar-refractivity contribution in [2.45, 2.75) is 6.36 Å². The van der Waals surface area contributed by atoms with Crippen molar-refractivity contribution in [3.05, 3.63) is 46.8 Å². The number of halogens is 5. The van der Waals surface area contributed by atoms with Crippen LogP contribution in [0.5, 0.6) is 5.75 Å². The van der Waals surface area contributed by atoms with Gasteiger partial charge in [-0.25, -0.2) is 14.4 Å². The highest BCUT2D eigenvalue weighted by Gasteiger charge is 2.32. The number of hydrogen-bond acceptors (Lipinski definition) is 7. The monoisotopic (exact) mass is 529 g/mol. The molecule has 2 heterocycles. The average molecular weight is 530 g/mol. The molecule has 33 heavy (non-hydrogen) atoms. The van der Waals surface area contributed by atoms with Crippen LogP contribution in [0.3, 0.4) is 0 Å². The molecule has 0 atom stereocenters. The zero-order valence-corrected chi connectivity index (χ0v) is 18.8. The van der Waals surface area contributed by atoms with Crippen molar-refractivity contribution in [1.82, 2.24) is 14.9 Å². The standard InChI is InChI=1S/C21H20BrF4N5O2/c22-13-9-16(23)15-12-28-20(29-17(15)10-13)30-18-11-14(1-2-19(18)33-21(24,25)26)27-3-4-31-5-7-32-8-6-31/h1-2,9-12,27H,3-8H2,(H,28,29,30). The predicted octanol–water partition coefficient (Wildman–Crippen LogP) is 4.92. The summed E-state index contributed by atoms with van der Waals surface area (Å²) in [5.41, 5.74) is 0.894. The Morgan fingerprint density at radius 2 is 1.94 bits per heavy atom. The Morgan fingerprint density at radius 3 is 2.70 bits per heavy atom. The SMILES string of the molecule is Fc1cc(Br)cc2nc(Nc3cc(NCCN4CCOCC4)ccc3OC(F)(F)F)ncc12. The molecule has 12 heteroatoms. The van der Waals surface area contributed by atoms with E-state index in [-0.39, 0.29) is 22.5 Å². The number of benzene rings is 2. The molecule has 1 aliphatic rings. The van der Waals surface area contributed by atoms with Gasteiger partial charge in [-0.05, 0) is 30.3 Å². The molecule has 2 aromatic carbocycles. The van der Waals surface area contributed by atoms with Crippen LogP contribution in [0.4, 0.5) is 34.9 Å². The Bertz CT molecular complexity index is 1130. The molecule has 7 nitrogen and oxygen atoms in total. The zero-order valence-electron chi connectivity index (χ0n) is 17.3. The maximum atomic E-state index is 14.1. The Hall–Kier alpha value is -2.70. The fourth-order valence-corrected chi connectivity index (χ4v) is 3.79. The molecule has 3 aromatic rings. The summed E-state index contributed by atoms with van der Waals surface area (Å²) in [6, 6.07) is 7.06. The van der Waals surface area contributed by atoms with Crippen LogP contribution in [-0.4, -0.2) is 60.6 Å². The van der Waals surface area contributed by atoms with Gasteiger partial charge in [0.25, 0.3) is 0 Å². The Kier molecular flexibility index (Phi) is 7.15. The van der Waals surface area contributed by atoms with E-state index in [2.05, 4.69) is 46.2 Å². The van der Waals surface area contributed by atoms with Gasteiger partial charge in [0.2, 0.25) is 5.95 Å². The predicted molar refractivity (Wildman–Crippen MR) is 119 cm³/mol. The van der Waals surface area contributed by atoms with E-state index < -0.39 is 17.9 Å². The van der Waals surface area contributed by atoms with Gasteiger partial charge in [-0.2, -0.15) is 0 Å². The van der Waals surface area contributed by atoms with E-state index in [1.54, 1.807) is 6.07 Å². The minimum absolute atomic E-state index is 0.00232. The number of alkyl halides is 3. The highest BCUT2D eigenvalue weighted by atomic mass is 79.9. The van der Waals surface area contributed by atoms with E-state index in [9.17, 15) is 17.6 Å². The summed E-state index contributed by atoms with van der Waals surface area (Å²) in [6.45, 7) is 4.40. The summed E-state index contributed by atoms with van der Waals surface area (Å²) in [6.07, 6.45) is -3.61. The number of aromatic nitrogens is 2. The Morgan fingerprint density at radius 1 is 1.15 bits per heavy atom. The third-order valence-corrected chi connectivity index (χ3v) is 5.39. The van der Waals surface area contributed by atoms with Crippen LogP contribution in [0, 0.1) is 5.82 Å². The van der Waals surface area contributed by atoms with E-state index in [4.69, 9.17) is 4.74 Å². The van der Waals surface area contributed by atoms with Gasteiger partial charge in [0.1, 0.15) is 5.82 Å². The zero-order chi connectivity index (χ0) is 23.4. The lowest BCUT2D eigenvalue weighted by atomic mass is 10.2. The van der Waals surface area contributed by atoms with Crippen LogP contribution >= 0.6 is 15.9 Å². The maximum Gasteiger partial charge on any atom is 0.573 e. The van der Waals surface area contributed by atoms with E-state index in [0.717, 1.165) is 19.6 Å². The summed E-state index contributed by atoms with van der Waals surface area (Å²) < 4.78 is 62.7. The van der Waals surface area contributed by atoms with Crippen molar-refractivity contribution in [3.63, 3.8) is 0 Å². The molecule has 1 aromatic heterocycles. The van der Waals surface area contributed by atoms with E-state index in [1.807, 2.05) is 0 Å². The minimum atomic E-state index is -4.88.